The number of likely N-dealkylation sites (tertiary alicyclic amines) is 1. The van der Waals surface area contributed by atoms with Gasteiger partial charge in [-0.15, -0.1) is 0 Å². The van der Waals surface area contributed by atoms with Gasteiger partial charge in [-0.3, -0.25) is 0 Å². The molecule has 5 heteroatoms. The predicted octanol–water partition coefficient (Wildman–Crippen LogP) is 2.24. The molecule has 3 rings (SSSR count). The van der Waals surface area contributed by atoms with Gasteiger partial charge in [0.2, 0.25) is 0 Å². The summed E-state index contributed by atoms with van der Waals surface area (Å²) in [5.74, 6) is 0. The molecule has 0 aromatic heterocycles. The van der Waals surface area contributed by atoms with Crippen LogP contribution in [-0.4, -0.2) is 43.2 Å². The molecule has 0 atom stereocenters. The number of hydrogen-bond donors (Lipinski definition) is 2. The Balaban J connectivity index is 1.64. The molecule has 3 N–H and O–H groups in total. The Labute approximate surface area is 126 Å². The maximum absolute atomic E-state index is 11.2. The van der Waals surface area contributed by atoms with Gasteiger partial charge in [-0.2, -0.15) is 0 Å². The lowest BCUT2D eigenvalue weighted by molar-refractivity contribution is 0.193. The number of amides is 2. The van der Waals surface area contributed by atoms with E-state index in [9.17, 15) is 4.79 Å². The number of para-hydroxylation sites is 2. The van der Waals surface area contributed by atoms with E-state index < -0.39 is 0 Å². The van der Waals surface area contributed by atoms with Gasteiger partial charge in [0, 0.05) is 32.2 Å². The molecule has 1 aromatic rings. The molecule has 0 radical (unpaired) electrons. The summed E-state index contributed by atoms with van der Waals surface area (Å²) in [7, 11) is 0. The number of nitrogens with two attached hydrogens (primary N) is 1. The van der Waals surface area contributed by atoms with E-state index in [1.807, 2.05) is 0 Å². The predicted molar refractivity (Wildman–Crippen MR) is 85.7 cm³/mol. The van der Waals surface area contributed by atoms with Crippen LogP contribution in [0.4, 0.5) is 16.2 Å². The van der Waals surface area contributed by atoms with Gasteiger partial charge in [-0.25, -0.2) is 4.79 Å². The van der Waals surface area contributed by atoms with Gasteiger partial charge in [0.1, 0.15) is 0 Å². The average Bonchev–Trinajstić information content (AvgIpc) is 3.02. The first-order chi connectivity index (χ1) is 10.2. The minimum Gasteiger partial charge on any atom is -0.381 e. The third-order valence-corrected chi connectivity index (χ3v) is 4.52. The summed E-state index contributed by atoms with van der Waals surface area (Å²) < 4.78 is 0. The number of carbonyl (C=O) groups is 1. The van der Waals surface area contributed by atoms with Crippen LogP contribution in [0.5, 0.6) is 0 Å². The number of primary amides is 1. The van der Waals surface area contributed by atoms with Crippen molar-refractivity contribution < 1.29 is 4.79 Å². The number of benzene rings is 1. The maximum atomic E-state index is 11.2. The van der Waals surface area contributed by atoms with Crippen molar-refractivity contribution in [2.24, 2.45) is 5.73 Å². The van der Waals surface area contributed by atoms with E-state index in [1.165, 1.54) is 24.2 Å². The van der Waals surface area contributed by atoms with Gasteiger partial charge in [0.05, 0.1) is 11.4 Å². The van der Waals surface area contributed by atoms with Crippen LogP contribution in [-0.2, 0) is 0 Å². The molecule has 2 aliphatic rings. The lowest BCUT2D eigenvalue weighted by atomic mass is 10.0. The van der Waals surface area contributed by atoms with Crippen LogP contribution >= 0.6 is 0 Å². The molecular formula is C16H24N4O. The smallest absolute Gasteiger partial charge is 0.314 e. The van der Waals surface area contributed by atoms with E-state index in [2.05, 4.69) is 34.5 Å². The summed E-state index contributed by atoms with van der Waals surface area (Å²) in [5, 5.41) is 3.67. The first kappa shape index (κ1) is 14.0. The molecule has 0 bridgehead atoms. The average molecular weight is 288 g/mol. The monoisotopic (exact) mass is 288 g/mol. The van der Waals surface area contributed by atoms with Crippen molar-refractivity contribution in [1.29, 1.82) is 0 Å². The largest absolute Gasteiger partial charge is 0.381 e. The van der Waals surface area contributed by atoms with Crippen LogP contribution in [0.1, 0.15) is 25.7 Å². The van der Waals surface area contributed by atoms with Gasteiger partial charge >= 0.3 is 6.03 Å². The quantitative estimate of drug-likeness (QED) is 0.896. The molecule has 2 fully saturated rings. The Kier molecular flexibility index (Phi) is 4.18. The van der Waals surface area contributed by atoms with Crippen LogP contribution in [0, 0.1) is 0 Å². The lowest BCUT2D eigenvalue weighted by Gasteiger charge is -2.33. The lowest BCUT2D eigenvalue weighted by Crippen LogP contribution is -2.44. The molecule has 5 nitrogen and oxygen atoms in total. The fraction of sp³-hybridized carbons (Fsp3) is 0.562. The summed E-state index contributed by atoms with van der Waals surface area (Å²) in [6.45, 7) is 3.80. The van der Waals surface area contributed by atoms with Gasteiger partial charge in [-0.05, 0) is 37.8 Å². The van der Waals surface area contributed by atoms with Crippen molar-refractivity contribution >= 4 is 17.4 Å². The second-order valence-corrected chi connectivity index (χ2v) is 5.96. The number of carbonyl (C=O) groups excluding carboxylic acids is 1. The van der Waals surface area contributed by atoms with E-state index in [-0.39, 0.29) is 6.03 Å². The number of rotatable bonds is 3. The van der Waals surface area contributed by atoms with Gasteiger partial charge in [-0.1, -0.05) is 12.1 Å². The molecule has 2 aliphatic heterocycles. The zero-order valence-corrected chi connectivity index (χ0v) is 12.4. The molecule has 0 unspecified atom stereocenters. The van der Waals surface area contributed by atoms with Crippen LogP contribution in [0.3, 0.4) is 0 Å². The Morgan fingerprint density at radius 1 is 1.10 bits per heavy atom. The van der Waals surface area contributed by atoms with Crippen LogP contribution in [0.2, 0.25) is 0 Å². The Morgan fingerprint density at radius 3 is 2.43 bits per heavy atom. The van der Waals surface area contributed by atoms with Crippen molar-refractivity contribution in [1.82, 2.24) is 4.90 Å². The van der Waals surface area contributed by atoms with E-state index in [0.29, 0.717) is 6.04 Å². The van der Waals surface area contributed by atoms with Crippen molar-refractivity contribution in [3.05, 3.63) is 24.3 Å². The molecule has 1 aromatic carbocycles. The number of anilines is 2. The van der Waals surface area contributed by atoms with E-state index in [4.69, 9.17) is 5.73 Å². The summed E-state index contributed by atoms with van der Waals surface area (Å²) >= 11 is 0. The highest BCUT2D eigenvalue weighted by atomic mass is 16.2. The third kappa shape index (κ3) is 3.23. The van der Waals surface area contributed by atoms with Crippen LogP contribution < -0.4 is 16.0 Å². The van der Waals surface area contributed by atoms with Crippen molar-refractivity contribution in [3.63, 3.8) is 0 Å². The number of urea groups is 1. The molecular weight excluding hydrogens is 264 g/mol. The number of nitrogens with zero attached hydrogens (tertiary/aromatic N) is 2. The second kappa shape index (κ2) is 6.24. The third-order valence-electron chi connectivity index (χ3n) is 4.52. The molecule has 2 heterocycles. The van der Waals surface area contributed by atoms with Crippen LogP contribution in [0.25, 0.3) is 0 Å². The Bertz CT molecular complexity index is 491. The molecule has 21 heavy (non-hydrogen) atoms. The molecule has 2 saturated heterocycles. The van der Waals surface area contributed by atoms with Gasteiger partial charge in [0.15, 0.2) is 0 Å². The SMILES string of the molecule is NC(=O)N1CCC(Nc2ccccc2N2CCCC2)CC1. The standard InChI is InChI=1S/C16H24N4O/c17-16(21)20-11-7-13(8-12-20)18-14-5-1-2-6-15(14)19-9-3-4-10-19/h1-2,5-6,13,18H,3-4,7-12H2,(H2,17,21). The minimum absolute atomic E-state index is 0.300. The molecule has 114 valence electrons. The minimum atomic E-state index is -0.300. The first-order valence-corrected chi connectivity index (χ1v) is 7.89. The second-order valence-electron chi connectivity index (χ2n) is 5.96. The number of hydrogen-bond acceptors (Lipinski definition) is 3. The topological polar surface area (TPSA) is 61.6 Å². The van der Waals surface area contributed by atoms with E-state index >= 15 is 0 Å². The summed E-state index contributed by atoms with van der Waals surface area (Å²) in [4.78, 5) is 15.4. The number of piperidine rings is 1. The Morgan fingerprint density at radius 2 is 1.76 bits per heavy atom. The van der Waals surface area contributed by atoms with E-state index in [0.717, 1.165) is 39.0 Å². The fourth-order valence-electron chi connectivity index (χ4n) is 3.29. The highest BCUT2D eigenvalue weighted by molar-refractivity contribution is 5.72. The summed E-state index contributed by atoms with van der Waals surface area (Å²) in [6, 6.07) is 8.67. The fourth-order valence-corrected chi connectivity index (χ4v) is 3.29. The van der Waals surface area contributed by atoms with E-state index in [1.54, 1.807) is 4.90 Å². The van der Waals surface area contributed by atoms with Crippen molar-refractivity contribution in [2.45, 2.75) is 31.7 Å². The van der Waals surface area contributed by atoms with Crippen molar-refractivity contribution in [3.8, 4) is 0 Å². The maximum Gasteiger partial charge on any atom is 0.314 e. The zero-order chi connectivity index (χ0) is 14.7. The summed E-state index contributed by atoms with van der Waals surface area (Å²) in [5.41, 5.74) is 7.86. The molecule has 0 spiro atoms. The molecule has 0 saturated carbocycles. The highest BCUT2D eigenvalue weighted by Gasteiger charge is 2.22. The first-order valence-electron chi connectivity index (χ1n) is 7.89. The molecule has 2 amide bonds. The summed E-state index contributed by atoms with van der Waals surface area (Å²) in [6.07, 6.45) is 4.48. The number of nitrogens with one attached hydrogen (secondary N) is 1. The zero-order valence-electron chi connectivity index (χ0n) is 12.4. The van der Waals surface area contributed by atoms with Crippen LogP contribution in [0.15, 0.2) is 24.3 Å². The normalized spacial score (nSPS) is 19.8. The van der Waals surface area contributed by atoms with Gasteiger partial charge in [0.25, 0.3) is 0 Å². The Hall–Kier alpha value is -1.91. The molecule has 0 aliphatic carbocycles. The van der Waals surface area contributed by atoms with Gasteiger partial charge < -0.3 is 20.9 Å². The van der Waals surface area contributed by atoms with Crippen molar-refractivity contribution in [2.75, 3.05) is 36.4 Å². The highest BCUT2D eigenvalue weighted by Crippen LogP contribution is 2.30.